The van der Waals surface area contributed by atoms with Crippen LogP contribution < -0.4 is 0 Å². The van der Waals surface area contributed by atoms with E-state index in [0.717, 1.165) is 22.5 Å². The number of aromatic nitrogens is 3. The van der Waals surface area contributed by atoms with E-state index in [1.54, 1.807) is 6.07 Å². The fraction of sp³-hybridized carbons (Fsp3) is 0.0476. The zero-order valence-electron chi connectivity index (χ0n) is 13.8. The molecule has 0 spiro atoms. The molecule has 4 rings (SSSR count). The molecular weight excluding hydrogens is 365 g/mol. The van der Waals surface area contributed by atoms with Gasteiger partial charge in [0.05, 0.1) is 16.6 Å². The third-order valence-corrected chi connectivity index (χ3v) is 4.79. The van der Waals surface area contributed by atoms with Crippen LogP contribution in [0.5, 0.6) is 0 Å². The Labute approximate surface area is 161 Å². The number of halogens is 2. The molecule has 0 fully saturated rings. The molecule has 3 aromatic carbocycles. The van der Waals surface area contributed by atoms with Crippen molar-refractivity contribution in [3.63, 3.8) is 0 Å². The van der Waals surface area contributed by atoms with Crippen molar-refractivity contribution >= 4 is 23.2 Å². The van der Waals surface area contributed by atoms with Gasteiger partial charge in [-0.1, -0.05) is 89.9 Å². The Bertz CT molecular complexity index is 1030. The Kier molecular flexibility index (Phi) is 4.74. The topological polar surface area (TPSA) is 30.7 Å². The van der Waals surface area contributed by atoms with Crippen molar-refractivity contribution in [2.24, 2.45) is 0 Å². The summed E-state index contributed by atoms with van der Waals surface area (Å²) in [6.45, 7) is 0.556. The molecule has 26 heavy (non-hydrogen) atoms. The molecule has 0 bridgehead atoms. The number of nitrogens with zero attached hydrogens (tertiary/aromatic N) is 3. The van der Waals surface area contributed by atoms with Crippen LogP contribution in [0.3, 0.4) is 0 Å². The summed E-state index contributed by atoms with van der Waals surface area (Å²) in [6.07, 6.45) is 0. The molecule has 0 amide bonds. The molecule has 0 atom stereocenters. The van der Waals surface area contributed by atoms with Crippen molar-refractivity contribution in [2.75, 3.05) is 0 Å². The van der Waals surface area contributed by atoms with Gasteiger partial charge in [0.2, 0.25) is 0 Å². The van der Waals surface area contributed by atoms with Gasteiger partial charge in [0.25, 0.3) is 0 Å². The summed E-state index contributed by atoms with van der Waals surface area (Å²) < 4.78 is 1.90. The van der Waals surface area contributed by atoms with Crippen molar-refractivity contribution < 1.29 is 0 Å². The average Bonchev–Trinajstić information content (AvgIpc) is 3.10. The standard InChI is InChI=1S/C21H15Cl2N3/c22-18-12-11-15(13-19(18)23)14-26-21(17-9-5-2-6-10-17)24-20(25-26)16-7-3-1-4-8-16/h1-13H,14H2. The van der Waals surface area contributed by atoms with Crippen molar-refractivity contribution in [2.45, 2.75) is 6.54 Å². The first kappa shape index (κ1) is 16.8. The minimum absolute atomic E-state index is 0.536. The fourth-order valence-corrected chi connectivity index (χ4v) is 3.09. The largest absolute Gasteiger partial charge is 0.241 e. The fourth-order valence-electron chi connectivity index (χ4n) is 2.77. The highest BCUT2D eigenvalue weighted by Crippen LogP contribution is 2.26. The molecule has 0 saturated heterocycles. The third kappa shape index (κ3) is 3.50. The van der Waals surface area contributed by atoms with E-state index >= 15 is 0 Å². The van der Waals surface area contributed by atoms with Gasteiger partial charge in [-0.15, -0.1) is 0 Å². The van der Waals surface area contributed by atoms with Gasteiger partial charge in [-0.25, -0.2) is 9.67 Å². The Hall–Kier alpha value is -2.62. The molecular formula is C21H15Cl2N3. The summed E-state index contributed by atoms with van der Waals surface area (Å²) in [7, 11) is 0. The first-order valence-electron chi connectivity index (χ1n) is 8.20. The van der Waals surface area contributed by atoms with Crippen LogP contribution in [0.2, 0.25) is 10.0 Å². The molecule has 0 radical (unpaired) electrons. The lowest BCUT2D eigenvalue weighted by atomic mass is 10.2. The quantitative estimate of drug-likeness (QED) is 0.437. The van der Waals surface area contributed by atoms with Crippen LogP contribution in [-0.4, -0.2) is 14.8 Å². The lowest BCUT2D eigenvalue weighted by Crippen LogP contribution is -2.04. The smallest absolute Gasteiger partial charge is 0.181 e. The van der Waals surface area contributed by atoms with Gasteiger partial charge in [-0.2, -0.15) is 5.10 Å². The maximum Gasteiger partial charge on any atom is 0.181 e. The van der Waals surface area contributed by atoms with Crippen molar-refractivity contribution in [3.05, 3.63) is 94.5 Å². The van der Waals surface area contributed by atoms with Gasteiger partial charge in [-0.05, 0) is 17.7 Å². The number of benzene rings is 3. The van der Waals surface area contributed by atoms with Crippen LogP contribution in [-0.2, 0) is 6.54 Å². The summed E-state index contributed by atoms with van der Waals surface area (Å²) in [5.41, 5.74) is 3.01. The highest BCUT2D eigenvalue weighted by atomic mass is 35.5. The van der Waals surface area contributed by atoms with Gasteiger partial charge in [0.1, 0.15) is 0 Å². The zero-order valence-corrected chi connectivity index (χ0v) is 15.3. The zero-order chi connectivity index (χ0) is 17.9. The molecule has 0 saturated carbocycles. The molecule has 4 aromatic rings. The SMILES string of the molecule is Clc1ccc(Cn2nc(-c3ccccc3)nc2-c2ccccc2)cc1Cl. The minimum atomic E-state index is 0.536. The summed E-state index contributed by atoms with van der Waals surface area (Å²) in [4.78, 5) is 4.78. The molecule has 0 aliphatic heterocycles. The Balaban J connectivity index is 1.79. The Morgan fingerprint density at radius 3 is 2.04 bits per heavy atom. The van der Waals surface area contributed by atoms with E-state index in [2.05, 4.69) is 0 Å². The highest BCUT2D eigenvalue weighted by molar-refractivity contribution is 6.42. The predicted octanol–water partition coefficient (Wildman–Crippen LogP) is 5.97. The van der Waals surface area contributed by atoms with Crippen LogP contribution in [0, 0.1) is 0 Å². The van der Waals surface area contributed by atoms with Crippen LogP contribution in [0.15, 0.2) is 78.9 Å². The second-order valence-electron chi connectivity index (χ2n) is 5.90. The maximum absolute atomic E-state index is 6.16. The molecule has 0 aliphatic rings. The van der Waals surface area contributed by atoms with Gasteiger partial charge in [-0.3, -0.25) is 0 Å². The highest BCUT2D eigenvalue weighted by Gasteiger charge is 2.14. The molecule has 1 aromatic heterocycles. The molecule has 0 aliphatic carbocycles. The summed E-state index contributed by atoms with van der Waals surface area (Å²) in [5, 5.41) is 5.81. The van der Waals surface area contributed by atoms with Crippen molar-refractivity contribution in [1.29, 1.82) is 0 Å². The predicted molar refractivity (Wildman–Crippen MR) is 106 cm³/mol. The number of hydrogen-bond donors (Lipinski definition) is 0. The van der Waals surface area contributed by atoms with Gasteiger partial charge < -0.3 is 0 Å². The summed E-state index contributed by atoms with van der Waals surface area (Å²) in [6, 6.07) is 25.6. The third-order valence-electron chi connectivity index (χ3n) is 4.05. The molecule has 1 heterocycles. The lowest BCUT2D eigenvalue weighted by molar-refractivity contribution is 0.695. The lowest BCUT2D eigenvalue weighted by Gasteiger charge is -2.07. The summed E-state index contributed by atoms with van der Waals surface area (Å²) >= 11 is 12.2. The Morgan fingerprint density at radius 1 is 0.731 bits per heavy atom. The van der Waals surface area contributed by atoms with Crippen LogP contribution in [0.1, 0.15) is 5.56 Å². The van der Waals surface area contributed by atoms with Crippen molar-refractivity contribution in [1.82, 2.24) is 14.8 Å². The minimum Gasteiger partial charge on any atom is -0.241 e. The monoisotopic (exact) mass is 379 g/mol. The molecule has 128 valence electrons. The molecule has 0 N–H and O–H groups in total. The first-order chi connectivity index (χ1) is 12.7. The van der Waals surface area contributed by atoms with Crippen LogP contribution in [0.4, 0.5) is 0 Å². The summed E-state index contributed by atoms with van der Waals surface area (Å²) in [5.74, 6) is 1.51. The molecule has 0 unspecified atom stereocenters. The van der Waals surface area contributed by atoms with Crippen LogP contribution in [0.25, 0.3) is 22.8 Å². The van der Waals surface area contributed by atoms with E-state index in [9.17, 15) is 0 Å². The van der Waals surface area contributed by atoms with Gasteiger partial charge in [0.15, 0.2) is 11.6 Å². The van der Waals surface area contributed by atoms with E-state index in [0.29, 0.717) is 22.4 Å². The van der Waals surface area contributed by atoms with E-state index in [1.807, 2.05) is 77.5 Å². The number of rotatable bonds is 4. The van der Waals surface area contributed by atoms with E-state index < -0.39 is 0 Å². The van der Waals surface area contributed by atoms with E-state index in [4.69, 9.17) is 33.3 Å². The molecule has 5 heteroatoms. The maximum atomic E-state index is 6.16. The van der Waals surface area contributed by atoms with E-state index in [1.165, 1.54) is 0 Å². The van der Waals surface area contributed by atoms with E-state index in [-0.39, 0.29) is 0 Å². The second-order valence-corrected chi connectivity index (χ2v) is 6.71. The number of hydrogen-bond acceptors (Lipinski definition) is 2. The van der Waals surface area contributed by atoms with Gasteiger partial charge >= 0.3 is 0 Å². The normalized spacial score (nSPS) is 10.8. The van der Waals surface area contributed by atoms with Crippen molar-refractivity contribution in [3.8, 4) is 22.8 Å². The molecule has 3 nitrogen and oxygen atoms in total. The second kappa shape index (κ2) is 7.32. The van der Waals surface area contributed by atoms with Gasteiger partial charge in [0, 0.05) is 11.1 Å². The van der Waals surface area contributed by atoms with Crippen LogP contribution >= 0.6 is 23.2 Å². The Morgan fingerprint density at radius 2 is 1.38 bits per heavy atom. The average molecular weight is 380 g/mol. The first-order valence-corrected chi connectivity index (χ1v) is 8.96.